The van der Waals surface area contributed by atoms with E-state index < -0.39 is 12.1 Å². The van der Waals surface area contributed by atoms with Gasteiger partial charge in [-0.3, -0.25) is 9.59 Å². The molecule has 6 nitrogen and oxygen atoms in total. The van der Waals surface area contributed by atoms with Crippen LogP contribution in [0.25, 0.3) is 0 Å². The third-order valence-electron chi connectivity index (χ3n) is 12.3. The summed E-state index contributed by atoms with van der Waals surface area (Å²) in [5.74, 6) is -0.130. The first-order valence-electron chi connectivity index (χ1n) is 26.6. The summed E-state index contributed by atoms with van der Waals surface area (Å²) in [6.07, 6.45) is 58.8. The number of carbonyl (C=O) groups excluding carboxylic acids is 2. The number of carbonyl (C=O) groups is 2. The third-order valence-corrected chi connectivity index (χ3v) is 12.3. The quantitative estimate of drug-likeness (QED) is 0.0322. The van der Waals surface area contributed by atoms with E-state index in [4.69, 9.17) is 4.74 Å². The molecule has 0 saturated carbocycles. The largest absolute Gasteiger partial charge is 0.466 e. The first-order valence-corrected chi connectivity index (χ1v) is 26.6. The second kappa shape index (κ2) is 50.0. The van der Waals surface area contributed by atoms with Gasteiger partial charge < -0.3 is 20.3 Å². The number of unbranched alkanes of at least 4 members (excludes halogenated alkanes) is 34. The van der Waals surface area contributed by atoms with Crippen molar-refractivity contribution in [3.63, 3.8) is 0 Å². The minimum absolute atomic E-state index is 0.0161. The van der Waals surface area contributed by atoms with Gasteiger partial charge in [0.15, 0.2) is 0 Å². The Morgan fingerprint density at radius 2 is 0.850 bits per heavy atom. The Kier molecular flexibility index (Phi) is 48.6. The van der Waals surface area contributed by atoms with Gasteiger partial charge in [0.2, 0.25) is 5.91 Å². The van der Waals surface area contributed by atoms with Crippen molar-refractivity contribution in [2.75, 3.05) is 13.2 Å². The maximum Gasteiger partial charge on any atom is 0.305 e. The van der Waals surface area contributed by atoms with Gasteiger partial charge in [-0.1, -0.05) is 250 Å². The smallest absolute Gasteiger partial charge is 0.305 e. The lowest BCUT2D eigenvalue weighted by Crippen LogP contribution is -2.45. The number of hydrogen-bond acceptors (Lipinski definition) is 5. The summed E-state index contributed by atoms with van der Waals surface area (Å²) in [6.45, 7) is 4.89. The molecule has 0 aliphatic heterocycles. The van der Waals surface area contributed by atoms with E-state index in [-0.39, 0.29) is 18.5 Å². The van der Waals surface area contributed by atoms with Gasteiger partial charge in [-0.2, -0.15) is 0 Å². The molecular weight excluding hydrogens is 743 g/mol. The van der Waals surface area contributed by atoms with Gasteiger partial charge in [-0.15, -0.1) is 0 Å². The number of hydrogen-bond donors (Lipinski definition) is 3. The molecular formula is C54H103NO5. The van der Waals surface area contributed by atoms with E-state index in [2.05, 4.69) is 37.4 Å². The van der Waals surface area contributed by atoms with Crippen LogP contribution < -0.4 is 5.32 Å². The molecule has 6 heteroatoms. The van der Waals surface area contributed by atoms with Gasteiger partial charge in [0.05, 0.1) is 25.4 Å². The van der Waals surface area contributed by atoms with E-state index >= 15 is 0 Å². The maximum absolute atomic E-state index is 12.4. The van der Waals surface area contributed by atoms with Gasteiger partial charge >= 0.3 is 5.97 Å². The number of aliphatic hydroxyl groups excluding tert-OH is 2. The summed E-state index contributed by atoms with van der Waals surface area (Å²) in [7, 11) is 0. The van der Waals surface area contributed by atoms with Crippen LogP contribution in [0.3, 0.4) is 0 Å². The van der Waals surface area contributed by atoms with Crippen LogP contribution in [0.2, 0.25) is 0 Å². The second-order valence-electron chi connectivity index (χ2n) is 18.2. The Morgan fingerprint density at radius 3 is 1.30 bits per heavy atom. The highest BCUT2D eigenvalue weighted by Crippen LogP contribution is 2.17. The van der Waals surface area contributed by atoms with Crippen molar-refractivity contribution in [3.05, 3.63) is 24.3 Å². The molecule has 0 aromatic rings. The van der Waals surface area contributed by atoms with Gasteiger partial charge in [-0.05, 0) is 44.9 Å². The zero-order chi connectivity index (χ0) is 43.7. The molecule has 3 N–H and O–H groups in total. The molecule has 0 aliphatic rings. The van der Waals surface area contributed by atoms with Crippen LogP contribution in [0.4, 0.5) is 0 Å². The summed E-state index contributed by atoms with van der Waals surface area (Å²) in [5.41, 5.74) is 0. The van der Waals surface area contributed by atoms with Crippen molar-refractivity contribution in [3.8, 4) is 0 Å². The van der Waals surface area contributed by atoms with Crippen molar-refractivity contribution >= 4 is 11.9 Å². The molecule has 0 fully saturated rings. The minimum atomic E-state index is -0.698. The van der Waals surface area contributed by atoms with Crippen LogP contribution in [0.15, 0.2) is 24.3 Å². The topological polar surface area (TPSA) is 95.9 Å². The lowest BCUT2D eigenvalue weighted by Gasteiger charge is -2.22. The number of allylic oxidation sites excluding steroid dienone is 4. The lowest BCUT2D eigenvalue weighted by molar-refractivity contribution is -0.143. The summed E-state index contributed by atoms with van der Waals surface area (Å²) in [6, 6.07) is -0.585. The van der Waals surface area contributed by atoms with E-state index in [1.54, 1.807) is 0 Å². The van der Waals surface area contributed by atoms with E-state index in [1.807, 2.05) is 6.08 Å². The Hall–Kier alpha value is -1.66. The average Bonchev–Trinajstić information content (AvgIpc) is 3.25. The minimum Gasteiger partial charge on any atom is -0.466 e. The molecule has 0 aromatic heterocycles. The number of aliphatic hydroxyl groups is 2. The number of rotatable bonds is 49. The Labute approximate surface area is 373 Å². The molecule has 354 valence electrons. The normalized spacial score (nSPS) is 12.8. The zero-order valence-electron chi connectivity index (χ0n) is 40.2. The van der Waals surface area contributed by atoms with Gasteiger partial charge in [0, 0.05) is 12.8 Å². The molecule has 0 rings (SSSR count). The molecule has 0 aliphatic carbocycles. The second-order valence-corrected chi connectivity index (χ2v) is 18.2. The maximum atomic E-state index is 12.4. The van der Waals surface area contributed by atoms with E-state index in [0.717, 1.165) is 51.4 Å². The predicted octanol–water partition coefficient (Wildman–Crippen LogP) is 15.9. The molecule has 0 heterocycles. The molecule has 0 bridgehead atoms. The zero-order valence-corrected chi connectivity index (χ0v) is 40.2. The number of ether oxygens (including phenoxy) is 1. The molecule has 2 atom stereocenters. The number of nitrogens with one attached hydrogen (secondary N) is 1. The summed E-state index contributed by atoms with van der Waals surface area (Å²) < 4.78 is 5.44. The highest BCUT2D eigenvalue weighted by Gasteiger charge is 2.19. The van der Waals surface area contributed by atoms with Crippen molar-refractivity contribution in [1.29, 1.82) is 0 Å². The van der Waals surface area contributed by atoms with Gasteiger partial charge in [0.1, 0.15) is 0 Å². The molecule has 0 spiro atoms. The molecule has 0 aromatic carbocycles. The molecule has 1 amide bonds. The van der Waals surface area contributed by atoms with Crippen molar-refractivity contribution < 1.29 is 24.5 Å². The van der Waals surface area contributed by atoms with Crippen molar-refractivity contribution in [2.24, 2.45) is 0 Å². The monoisotopic (exact) mass is 846 g/mol. The summed E-state index contributed by atoms with van der Waals surface area (Å²) in [5, 5.41) is 23.2. The van der Waals surface area contributed by atoms with Crippen molar-refractivity contribution in [2.45, 2.75) is 296 Å². The van der Waals surface area contributed by atoms with Crippen LogP contribution in [-0.4, -0.2) is 47.4 Å². The fraction of sp³-hybridized carbons (Fsp3) is 0.889. The molecule has 0 saturated heterocycles. The Morgan fingerprint density at radius 1 is 0.467 bits per heavy atom. The van der Waals surface area contributed by atoms with Crippen LogP contribution in [0.1, 0.15) is 284 Å². The fourth-order valence-corrected chi connectivity index (χ4v) is 8.16. The Bertz CT molecular complexity index is 935. The van der Waals surface area contributed by atoms with Crippen LogP contribution in [0, 0.1) is 0 Å². The first-order chi connectivity index (χ1) is 29.5. The molecule has 60 heavy (non-hydrogen) atoms. The fourth-order valence-electron chi connectivity index (χ4n) is 8.16. The van der Waals surface area contributed by atoms with E-state index in [0.29, 0.717) is 32.3 Å². The third kappa shape index (κ3) is 45.9. The average molecular weight is 846 g/mol. The van der Waals surface area contributed by atoms with E-state index in [1.165, 1.54) is 193 Å². The summed E-state index contributed by atoms with van der Waals surface area (Å²) >= 11 is 0. The van der Waals surface area contributed by atoms with E-state index in [9.17, 15) is 19.8 Å². The first kappa shape index (κ1) is 58.3. The number of esters is 1. The SMILES string of the molecule is CCCCCCCCCCCCCCCCCCCCC(O)C(CO)NC(=O)CC/C=C\C/C=C\CCCCCCCCOC(=O)CCCCCCCCCCCCCC. The standard InChI is InChI=1S/C54H103NO5/c1-3-5-7-9-11-13-15-17-18-19-20-21-23-26-30-34-38-42-46-52(57)51(50-56)55-53(58)47-43-39-35-31-27-24-22-25-29-33-37-41-45-49-60-54(59)48-44-40-36-32-28-16-14-12-10-8-6-4-2/h24,27,35,39,51-52,56-57H,3-23,25-26,28-34,36-38,40-50H2,1-2H3,(H,55,58)/b27-24-,39-35-. The lowest BCUT2D eigenvalue weighted by atomic mass is 10.0. The van der Waals surface area contributed by atoms with Gasteiger partial charge in [-0.25, -0.2) is 0 Å². The van der Waals surface area contributed by atoms with Crippen LogP contribution in [-0.2, 0) is 14.3 Å². The molecule has 0 radical (unpaired) electrons. The van der Waals surface area contributed by atoms with Crippen LogP contribution >= 0.6 is 0 Å². The van der Waals surface area contributed by atoms with Gasteiger partial charge in [0.25, 0.3) is 0 Å². The van der Waals surface area contributed by atoms with Crippen molar-refractivity contribution in [1.82, 2.24) is 5.32 Å². The molecule has 2 unspecified atom stereocenters. The predicted molar refractivity (Wildman–Crippen MR) is 260 cm³/mol. The highest BCUT2D eigenvalue weighted by molar-refractivity contribution is 5.76. The van der Waals surface area contributed by atoms with Crippen LogP contribution in [0.5, 0.6) is 0 Å². The highest BCUT2D eigenvalue weighted by atomic mass is 16.5. The Balaban J connectivity index is 3.55. The number of amides is 1. The summed E-state index contributed by atoms with van der Waals surface area (Å²) in [4.78, 5) is 24.4.